The van der Waals surface area contributed by atoms with E-state index in [4.69, 9.17) is 10.3 Å². The Morgan fingerprint density at radius 3 is 2.56 bits per heavy atom. The maximum absolute atomic E-state index is 11.9. The number of nitrogens with zero attached hydrogens (tertiary/aromatic N) is 7. The van der Waals surface area contributed by atoms with Gasteiger partial charge in [-0.05, 0) is 24.3 Å². The number of hydrogen-bond donors (Lipinski definition) is 1. The average Bonchev–Trinajstić information content (AvgIpc) is 3.29. The lowest BCUT2D eigenvalue weighted by Crippen LogP contribution is -2.15. The number of para-hydroxylation sites is 1. The molecule has 13 heteroatoms. The third kappa shape index (κ3) is 4.53. The molecule has 0 saturated heterocycles. The van der Waals surface area contributed by atoms with Crippen LogP contribution in [0.15, 0.2) is 53.2 Å². The van der Waals surface area contributed by atoms with Gasteiger partial charge in [-0.25, -0.2) is 0 Å². The molecule has 0 aliphatic rings. The van der Waals surface area contributed by atoms with E-state index in [1.807, 2.05) is 30.3 Å². The van der Waals surface area contributed by atoms with Crippen LogP contribution in [0.25, 0.3) is 23.1 Å². The van der Waals surface area contributed by atoms with Crippen LogP contribution in [-0.4, -0.2) is 52.7 Å². The zero-order valence-corrected chi connectivity index (χ0v) is 17.9. The largest absolute Gasteiger partial charge is 0.368 e. The Hall–Kier alpha value is -3.97. The molecule has 0 saturated carbocycles. The van der Waals surface area contributed by atoms with Gasteiger partial charge in [0.15, 0.2) is 0 Å². The Bertz CT molecular complexity index is 1340. The van der Waals surface area contributed by atoms with E-state index in [1.165, 1.54) is 6.20 Å². The summed E-state index contributed by atoms with van der Waals surface area (Å²) in [7, 11) is -0.936. The number of hydrogen-bond acceptors (Lipinski definition) is 12. The monoisotopic (exact) mass is 454 g/mol. The lowest BCUT2D eigenvalue weighted by molar-refractivity contribution is 0.396. The van der Waals surface area contributed by atoms with Gasteiger partial charge in [-0.2, -0.15) is 28.4 Å². The second-order valence-electron chi connectivity index (χ2n) is 6.50. The summed E-state index contributed by atoms with van der Waals surface area (Å²) >= 11 is 0. The van der Waals surface area contributed by atoms with Crippen molar-refractivity contribution >= 4 is 27.7 Å². The van der Waals surface area contributed by atoms with Crippen molar-refractivity contribution in [2.24, 2.45) is 0 Å². The minimum atomic E-state index is -3.80. The summed E-state index contributed by atoms with van der Waals surface area (Å²) in [5.74, 6) is 0.0146. The Kier molecular flexibility index (Phi) is 5.75. The number of nitrogens with two attached hydrogens (primary N) is 1. The smallest absolute Gasteiger partial charge is 0.272 e. The van der Waals surface area contributed by atoms with Gasteiger partial charge in [0, 0.05) is 18.9 Å². The van der Waals surface area contributed by atoms with E-state index < -0.39 is 15.9 Å². The highest BCUT2D eigenvalue weighted by Crippen LogP contribution is 2.26. The Labute approximate surface area is 183 Å². The lowest BCUT2D eigenvalue weighted by Gasteiger charge is -2.17. The molecule has 0 atom stereocenters. The van der Waals surface area contributed by atoms with Crippen molar-refractivity contribution in [3.63, 3.8) is 0 Å². The van der Waals surface area contributed by atoms with Gasteiger partial charge in [0.05, 0.1) is 18.4 Å². The molecule has 0 fully saturated rings. The minimum Gasteiger partial charge on any atom is -0.368 e. The van der Waals surface area contributed by atoms with Crippen LogP contribution in [-0.2, 0) is 20.1 Å². The van der Waals surface area contributed by atoms with Crippen molar-refractivity contribution in [2.45, 2.75) is 5.75 Å². The summed E-state index contributed by atoms with van der Waals surface area (Å²) in [5.41, 5.74) is 7.26. The molecule has 12 nitrogen and oxygen atoms in total. The van der Waals surface area contributed by atoms with E-state index in [-0.39, 0.29) is 29.2 Å². The molecule has 3 aromatic heterocycles. The third-order valence-electron chi connectivity index (χ3n) is 4.40. The predicted octanol–water partition coefficient (Wildman–Crippen LogP) is 1.81. The molecule has 1 aromatic carbocycles. The highest BCUT2D eigenvalue weighted by Gasteiger charge is 2.21. The molecule has 0 spiro atoms. The van der Waals surface area contributed by atoms with Gasteiger partial charge in [0.1, 0.15) is 5.75 Å². The van der Waals surface area contributed by atoms with Crippen molar-refractivity contribution < 1.29 is 17.1 Å². The fourth-order valence-electron chi connectivity index (χ4n) is 2.80. The first-order valence-corrected chi connectivity index (χ1v) is 10.8. The normalized spacial score (nSPS) is 11.4. The van der Waals surface area contributed by atoms with Gasteiger partial charge in [-0.3, -0.25) is 9.17 Å². The maximum Gasteiger partial charge on any atom is 0.272 e. The number of anilines is 3. The second kappa shape index (κ2) is 8.64. The van der Waals surface area contributed by atoms with Crippen LogP contribution in [0.1, 0.15) is 5.69 Å². The van der Waals surface area contributed by atoms with Gasteiger partial charge >= 0.3 is 0 Å². The summed E-state index contributed by atoms with van der Waals surface area (Å²) in [5, 5.41) is 3.91. The van der Waals surface area contributed by atoms with Crippen molar-refractivity contribution in [3.8, 4) is 23.1 Å². The standard InChI is InChI=1S/C19H18N8O4S/c1-27(12-7-4-3-5-8-12)19-24-15(23-18(20)25-19)16-22-17(31-26-16)13-9-6-10-21-14(13)11-32(28,29)30-2/h3-10H,11H2,1-2H3,(H2,20,23,24,25). The van der Waals surface area contributed by atoms with Crippen molar-refractivity contribution in [2.75, 3.05) is 24.8 Å². The lowest BCUT2D eigenvalue weighted by atomic mass is 10.2. The number of aromatic nitrogens is 6. The molecule has 0 aliphatic carbocycles. The molecule has 4 rings (SSSR count). The van der Waals surface area contributed by atoms with E-state index in [1.54, 1.807) is 24.1 Å². The van der Waals surface area contributed by atoms with E-state index >= 15 is 0 Å². The molecule has 32 heavy (non-hydrogen) atoms. The van der Waals surface area contributed by atoms with Crippen LogP contribution in [0, 0.1) is 0 Å². The Morgan fingerprint density at radius 1 is 1.03 bits per heavy atom. The molecule has 0 radical (unpaired) electrons. The van der Waals surface area contributed by atoms with E-state index in [0.717, 1.165) is 12.8 Å². The number of rotatable bonds is 7. The van der Waals surface area contributed by atoms with Crippen molar-refractivity contribution in [1.29, 1.82) is 0 Å². The van der Waals surface area contributed by atoms with Gasteiger partial charge in [-0.1, -0.05) is 23.4 Å². The summed E-state index contributed by atoms with van der Waals surface area (Å²) in [4.78, 5) is 22.8. The molecule has 0 aliphatic heterocycles. The van der Waals surface area contributed by atoms with E-state index in [9.17, 15) is 8.42 Å². The minimum absolute atomic E-state index is 0.0209. The first-order chi connectivity index (χ1) is 15.4. The molecule has 4 aromatic rings. The average molecular weight is 454 g/mol. The SMILES string of the molecule is COS(=O)(=O)Cc1ncccc1-c1nc(-c2nc(N)nc(N(C)c3ccccc3)n2)no1. The first-order valence-electron chi connectivity index (χ1n) is 9.23. The van der Waals surface area contributed by atoms with Gasteiger partial charge in [0.25, 0.3) is 16.0 Å². The third-order valence-corrected chi connectivity index (χ3v) is 5.53. The van der Waals surface area contributed by atoms with Gasteiger partial charge < -0.3 is 15.2 Å². The summed E-state index contributed by atoms with van der Waals surface area (Å²) < 4.78 is 33.6. The first kappa shape index (κ1) is 21.3. The molecule has 164 valence electrons. The zero-order valence-electron chi connectivity index (χ0n) is 17.1. The van der Waals surface area contributed by atoms with E-state index in [2.05, 4.69) is 34.3 Å². The topological polar surface area (TPSA) is 163 Å². The molecular weight excluding hydrogens is 436 g/mol. The molecule has 0 bridgehead atoms. The van der Waals surface area contributed by atoms with E-state index in [0.29, 0.717) is 11.5 Å². The van der Waals surface area contributed by atoms with Crippen molar-refractivity contribution in [1.82, 2.24) is 30.1 Å². The number of pyridine rings is 1. The van der Waals surface area contributed by atoms with Gasteiger partial charge in [-0.15, -0.1) is 0 Å². The van der Waals surface area contributed by atoms with Crippen LogP contribution in [0.4, 0.5) is 17.6 Å². The summed E-state index contributed by atoms with van der Waals surface area (Å²) in [6.45, 7) is 0. The fourth-order valence-corrected chi connectivity index (χ4v) is 3.48. The van der Waals surface area contributed by atoms with Crippen LogP contribution in [0.3, 0.4) is 0 Å². The van der Waals surface area contributed by atoms with Crippen LogP contribution < -0.4 is 10.6 Å². The molecule has 0 unspecified atom stereocenters. The summed E-state index contributed by atoms with van der Waals surface area (Å²) in [6, 6.07) is 12.7. The molecule has 2 N–H and O–H groups in total. The maximum atomic E-state index is 11.9. The Morgan fingerprint density at radius 2 is 1.81 bits per heavy atom. The van der Waals surface area contributed by atoms with Gasteiger partial charge in [0.2, 0.25) is 23.5 Å². The zero-order chi connectivity index (χ0) is 22.7. The quantitative estimate of drug-likeness (QED) is 0.403. The van der Waals surface area contributed by atoms with Crippen LogP contribution >= 0.6 is 0 Å². The van der Waals surface area contributed by atoms with Crippen molar-refractivity contribution in [3.05, 3.63) is 54.4 Å². The molecule has 0 amide bonds. The fraction of sp³-hybridized carbons (Fsp3) is 0.158. The second-order valence-corrected chi connectivity index (χ2v) is 8.24. The number of benzene rings is 1. The molecular formula is C19H18N8O4S. The summed E-state index contributed by atoms with van der Waals surface area (Å²) in [6.07, 6.45) is 1.46. The van der Waals surface area contributed by atoms with Crippen LogP contribution in [0.2, 0.25) is 0 Å². The number of nitrogen functional groups attached to an aromatic ring is 1. The van der Waals surface area contributed by atoms with Crippen LogP contribution in [0.5, 0.6) is 0 Å². The predicted molar refractivity (Wildman–Crippen MR) is 115 cm³/mol. The Balaban J connectivity index is 1.69. The highest BCUT2D eigenvalue weighted by atomic mass is 32.2. The highest BCUT2D eigenvalue weighted by molar-refractivity contribution is 7.85. The molecule has 3 heterocycles.